The Morgan fingerprint density at radius 2 is 2.14 bits per heavy atom. The molecular formula is C15H15N5OS. The van der Waals surface area contributed by atoms with E-state index in [0.29, 0.717) is 18.8 Å². The molecule has 0 unspecified atom stereocenters. The number of nitrogens with zero attached hydrogens (tertiary/aromatic N) is 3. The molecular weight excluding hydrogens is 298 g/mol. The lowest BCUT2D eigenvalue weighted by atomic mass is 10.3. The van der Waals surface area contributed by atoms with Crippen LogP contribution in [0.1, 0.15) is 10.5 Å². The van der Waals surface area contributed by atoms with E-state index in [9.17, 15) is 4.79 Å². The van der Waals surface area contributed by atoms with Gasteiger partial charge in [0.05, 0.1) is 11.9 Å². The molecule has 0 spiro atoms. The second-order valence-corrected chi connectivity index (χ2v) is 5.45. The molecule has 0 bridgehead atoms. The summed E-state index contributed by atoms with van der Waals surface area (Å²) in [6.07, 6.45) is 3.64. The average molecular weight is 313 g/mol. The van der Waals surface area contributed by atoms with Gasteiger partial charge in [0, 0.05) is 30.2 Å². The van der Waals surface area contributed by atoms with E-state index >= 15 is 0 Å². The number of thiazole rings is 1. The SMILES string of the molecule is NCCNC(=O)c1csc(-c2cnn(-c3ccccc3)c2)n1. The number of para-hydroxylation sites is 1. The van der Waals surface area contributed by atoms with Crippen LogP contribution < -0.4 is 11.1 Å². The van der Waals surface area contributed by atoms with Crippen LogP contribution in [0.4, 0.5) is 0 Å². The Kier molecular flexibility index (Phi) is 4.27. The van der Waals surface area contributed by atoms with E-state index in [2.05, 4.69) is 15.4 Å². The molecule has 0 saturated carbocycles. The van der Waals surface area contributed by atoms with Gasteiger partial charge in [0.15, 0.2) is 0 Å². The maximum Gasteiger partial charge on any atom is 0.270 e. The maximum atomic E-state index is 11.8. The molecule has 6 nitrogen and oxygen atoms in total. The molecule has 0 radical (unpaired) electrons. The topological polar surface area (TPSA) is 85.8 Å². The monoisotopic (exact) mass is 313 g/mol. The number of carbonyl (C=O) groups excluding carboxylic acids is 1. The van der Waals surface area contributed by atoms with Gasteiger partial charge in [-0.3, -0.25) is 4.79 Å². The molecule has 0 aliphatic rings. The third kappa shape index (κ3) is 3.05. The van der Waals surface area contributed by atoms with E-state index in [1.807, 2.05) is 36.5 Å². The fraction of sp³-hybridized carbons (Fsp3) is 0.133. The number of nitrogens with two attached hydrogens (primary N) is 1. The summed E-state index contributed by atoms with van der Waals surface area (Å²) in [5.74, 6) is -0.205. The highest BCUT2D eigenvalue weighted by Crippen LogP contribution is 2.24. The molecule has 0 saturated heterocycles. The predicted octanol–water partition coefficient (Wildman–Crippen LogP) is 1.68. The van der Waals surface area contributed by atoms with Crippen molar-refractivity contribution in [2.24, 2.45) is 5.73 Å². The molecule has 2 aromatic heterocycles. The fourth-order valence-corrected chi connectivity index (χ4v) is 2.72. The van der Waals surface area contributed by atoms with Crippen molar-refractivity contribution in [1.29, 1.82) is 0 Å². The van der Waals surface area contributed by atoms with E-state index in [0.717, 1.165) is 16.3 Å². The summed E-state index contributed by atoms with van der Waals surface area (Å²) < 4.78 is 1.78. The maximum absolute atomic E-state index is 11.8. The van der Waals surface area contributed by atoms with Crippen LogP contribution in [0.15, 0.2) is 48.1 Å². The van der Waals surface area contributed by atoms with E-state index in [1.165, 1.54) is 11.3 Å². The summed E-state index contributed by atoms with van der Waals surface area (Å²) in [4.78, 5) is 16.2. The Balaban J connectivity index is 1.80. The molecule has 112 valence electrons. The minimum absolute atomic E-state index is 0.205. The first-order chi connectivity index (χ1) is 10.8. The van der Waals surface area contributed by atoms with E-state index < -0.39 is 0 Å². The van der Waals surface area contributed by atoms with Gasteiger partial charge in [0.25, 0.3) is 5.91 Å². The van der Waals surface area contributed by atoms with Crippen molar-refractivity contribution in [3.05, 3.63) is 53.8 Å². The van der Waals surface area contributed by atoms with Crippen molar-refractivity contribution in [2.75, 3.05) is 13.1 Å². The normalized spacial score (nSPS) is 10.6. The average Bonchev–Trinajstić information content (AvgIpc) is 3.22. The van der Waals surface area contributed by atoms with Crippen molar-refractivity contribution in [3.63, 3.8) is 0 Å². The van der Waals surface area contributed by atoms with Gasteiger partial charge < -0.3 is 11.1 Å². The molecule has 1 aromatic carbocycles. The molecule has 3 rings (SSSR count). The molecule has 1 amide bonds. The summed E-state index contributed by atoms with van der Waals surface area (Å²) in [7, 11) is 0. The number of rotatable bonds is 5. The number of carbonyl (C=O) groups is 1. The third-order valence-corrected chi connectivity index (χ3v) is 3.91. The minimum atomic E-state index is -0.205. The van der Waals surface area contributed by atoms with Gasteiger partial charge in [-0.15, -0.1) is 11.3 Å². The molecule has 0 aliphatic heterocycles. The summed E-state index contributed by atoms with van der Waals surface area (Å²) >= 11 is 1.42. The molecule has 3 N–H and O–H groups in total. The van der Waals surface area contributed by atoms with Crippen LogP contribution in [0, 0.1) is 0 Å². The lowest BCUT2D eigenvalue weighted by Gasteiger charge is -1.99. The number of hydrogen-bond donors (Lipinski definition) is 2. The van der Waals surface area contributed by atoms with Gasteiger partial charge in [0.1, 0.15) is 10.7 Å². The lowest BCUT2D eigenvalue weighted by molar-refractivity contribution is 0.0950. The molecule has 7 heteroatoms. The highest BCUT2D eigenvalue weighted by molar-refractivity contribution is 7.13. The van der Waals surface area contributed by atoms with Crippen LogP contribution >= 0.6 is 11.3 Å². The zero-order valence-electron chi connectivity index (χ0n) is 11.8. The molecule has 22 heavy (non-hydrogen) atoms. The summed E-state index contributed by atoms with van der Waals surface area (Å²) in [6.45, 7) is 0.851. The number of nitrogens with one attached hydrogen (secondary N) is 1. The second-order valence-electron chi connectivity index (χ2n) is 4.59. The van der Waals surface area contributed by atoms with Gasteiger partial charge in [-0.2, -0.15) is 5.10 Å². The summed E-state index contributed by atoms with van der Waals surface area (Å²) in [5.41, 5.74) is 7.63. The fourth-order valence-electron chi connectivity index (χ4n) is 1.94. The number of aromatic nitrogens is 3. The lowest BCUT2D eigenvalue weighted by Crippen LogP contribution is -2.29. The standard InChI is InChI=1S/C15H15N5OS/c16-6-7-17-14(21)13-10-22-15(19-13)11-8-18-20(9-11)12-4-2-1-3-5-12/h1-5,8-10H,6-7,16H2,(H,17,21). The number of amides is 1. The van der Waals surface area contributed by atoms with E-state index in [-0.39, 0.29) is 5.91 Å². The minimum Gasteiger partial charge on any atom is -0.349 e. The molecule has 0 fully saturated rings. The van der Waals surface area contributed by atoms with Crippen LogP contribution in [0.3, 0.4) is 0 Å². The highest BCUT2D eigenvalue weighted by Gasteiger charge is 2.12. The third-order valence-electron chi connectivity index (χ3n) is 3.02. The smallest absolute Gasteiger partial charge is 0.270 e. The molecule has 2 heterocycles. The largest absolute Gasteiger partial charge is 0.349 e. The van der Waals surface area contributed by atoms with Crippen LogP contribution in [0.25, 0.3) is 16.3 Å². The summed E-state index contributed by atoms with van der Waals surface area (Å²) in [5, 5.41) is 9.54. The van der Waals surface area contributed by atoms with Crippen LogP contribution in [0.2, 0.25) is 0 Å². The van der Waals surface area contributed by atoms with Crippen molar-refractivity contribution < 1.29 is 4.79 Å². The van der Waals surface area contributed by atoms with E-state index in [4.69, 9.17) is 5.73 Å². The summed E-state index contributed by atoms with van der Waals surface area (Å²) in [6, 6.07) is 9.83. The molecule has 0 atom stereocenters. The zero-order chi connectivity index (χ0) is 15.4. The van der Waals surface area contributed by atoms with Crippen molar-refractivity contribution >= 4 is 17.2 Å². The molecule has 0 aliphatic carbocycles. The Morgan fingerprint density at radius 3 is 2.91 bits per heavy atom. The molecule has 3 aromatic rings. The highest BCUT2D eigenvalue weighted by atomic mass is 32.1. The first kappa shape index (κ1) is 14.4. The van der Waals surface area contributed by atoms with Gasteiger partial charge >= 0.3 is 0 Å². The second kappa shape index (κ2) is 6.50. The van der Waals surface area contributed by atoms with Crippen molar-refractivity contribution in [1.82, 2.24) is 20.1 Å². The van der Waals surface area contributed by atoms with Crippen molar-refractivity contribution in [2.45, 2.75) is 0 Å². The van der Waals surface area contributed by atoms with Gasteiger partial charge in [-0.1, -0.05) is 18.2 Å². The number of benzene rings is 1. The van der Waals surface area contributed by atoms with Crippen molar-refractivity contribution in [3.8, 4) is 16.3 Å². The predicted molar refractivity (Wildman–Crippen MR) is 86.1 cm³/mol. The first-order valence-electron chi connectivity index (χ1n) is 6.82. The Bertz CT molecular complexity index is 765. The Labute approximate surface area is 131 Å². The van der Waals surface area contributed by atoms with Gasteiger partial charge in [0.2, 0.25) is 0 Å². The quantitative estimate of drug-likeness (QED) is 0.750. The van der Waals surface area contributed by atoms with E-state index in [1.54, 1.807) is 16.3 Å². The zero-order valence-corrected chi connectivity index (χ0v) is 12.6. The Morgan fingerprint density at radius 1 is 1.32 bits per heavy atom. The van der Waals surface area contributed by atoms with Crippen LogP contribution in [-0.2, 0) is 0 Å². The van der Waals surface area contributed by atoms with Gasteiger partial charge in [-0.25, -0.2) is 9.67 Å². The van der Waals surface area contributed by atoms with Crippen LogP contribution in [0.5, 0.6) is 0 Å². The first-order valence-corrected chi connectivity index (χ1v) is 7.70. The van der Waals surface area contributed by atoms with Crippen LogP contribution in [-0.4, -0.2) is 33.8 Å². The number of hydrogen-bond acceptors (Lipinski definition) is 5. The Hall–Kier alpha value is -2.51. The van der Waals surface area contributed by atoms with Gasteiger partial charge in [-0.05, 0) is 12.1 Å².